The molecule has 0 aliphatic rings. The van der Waals surface area contributed by atoms with Crippen LogP contribution in [0.3, 0.4) is 0 Å². The van der Waals surface area contributed by atoms with E-state index >= 15 is 0 Å². The van der Waals surface area contributed by atoms with Crippen molar-refractivity contribution < 1.29 is 9.59 Å². The molecule has 0 saturated carbocycles. The fraction of sp³-hybridized carbons (Fsp3) is 0.136. The van der Waals surface area contributed by atoms with Gasteiger partial charge < -0.3 is 10.6 Å². The number of benzene rings is 2. The first-order chi connectivity index (χ1) is 16.4. The second kappa shape index (κ2) is 11.1. The number of thiazole rings is 1. The number of carbonyl (C=O) groups is 2. The van der Waals surface area contributed by atoms with Crippen LogP contribution >= 0.6 is 50.6 Å². The van der Waals surface area contributed by atoms with Gasteiger partial charge in [-0.05, 0) is 42.8 Å². The molecular formula is C22H18BrClN6O2S2. The molecule has 12 heteroatoms. The molecule has 4 rings (SSSR count). The molecule has 0 radical (unpaired) electrons. The first-order valence-electron chi connectivity index (χ1n) is 9.97. The van der Waals surface area contributed by atoms with Gasteiger partial charge in [0.1, 0.15) is 0 Å². The van der Waals surface area contributed by atoms with E-state index in [4.69, 9.17) is 11.6 Å². The molecule has 34 heavy (non-hydrogen) atoms. The number of nitrogens with one attached hydrogen (secondary N) is 2. The summed E-state index contributed by atoms with van der Waals surface area (Å²) in [7, 11) is 0. The lowest BCUT2D eigenvalue weighted by molar-refractivity contribution is -0.113. The average molecular weight is 578 g/mol. The number of halogens is 2. The van der Waals surface area contributed by atoms with Crippen molar-refractivity contribution in [1.29, 1.82) is 0 Å². The van der Waals surface area contributed by atoms with Crippen molar-refractivity contribution in [3.05, 3.63) is 80.5 Å². The lowest BCUT2D eigenvalue weighted by Crippen LogP contribution is -2.25. The van der Waals surface area contributed by atoms with E-state index in [0.717, 1.165) is 15.7 Å². The van der Waals surface area contributed by atoms with Gasteiger partial charge in [-0.1, -0.05) is 51.4 Å². The molecule has 174 valence electrons. The lowest BCUT2D eigenvalue weighted by Gasteiger charge is -2.12. The molecule has 0 unspecified atom stereocenters. The highest BCUT2D eigenvalue weighted by Crippen LogP contribution is 2.24. The molecule has 2 aromatic carbocycles. The zero-order valence-corrected chi connectivity index (χ0v) is 21.8. The van der Waals surface area contributed by atoms with E-state index in [1.165, 1.54) is 23.1 Å². The largest absolute Gasteiger partial charge is 0.345 e. The Morgan fingerprint density at radius 1 is 1.21 bits per heavy atom. The van der Waals surface area contributed by atoms with Gasteiger partial charge in [0.05, 0.1) is 22.9 Å². The predicted octanol–water partition coefficient (Wildman–Crippen LogP) is 5.11. The van der Waals surface area contributed by atoms with Gasteiger partial charge in [0, 0.05) is 21.7 Å². The van der Waals surface area contributed by atoms with E-state index in [1.54, 1.807) is 29.8 Å². The minimum atomic E-state index is -0.331. The molecule has 0 aliphatic heterocycles. The Morgan fingerprint density at radius 3 is 2.82 bits per heavy atom. The van der Waals surface area contributed by atoms with Crippen LogP contribution in [0.4, 0.5) is 5.13 Å². The van der Waals surface area contributed by atoms with Crippen LogP contribution in [0.5, 0.6) is 0 Å². The van der Waals surface area contributed by atoms with Gasteiger partial charge in [-0.3, -0.25) is 14.2 Å². The number of aryl methyl sites for hydroxylation is 1. The minimum Gasteiger partial charge on any atom is -0.345 e. The first kappa shape index (κ1) is 24.4. The summed E-state index contributed by atoms with van der Waals surface area (Å²) in [5, 5.41) is 17.4. The van der Waals surface area contributed by atoms with E-state index < -0.39 is 0 Å². The standard InChI is InChI=1S/C22H18BrClN6O2S2/c1-13-3-2-4-15(9-13)30-18(11-26-20(32)16-10-14(23)5-6-17(16)24)28-29-22(30)34-12-19(31)27-21-25-7-8-33-21/h2-10H,11-12H2,1H3,(H,26,32)(H,25,27,31). The highest BCUT2D eigenvalue weighted by atomic mass is 79.9. The number of aromatic nitrogens is 4. The number of nitrogens with zero attached hydrogens (tertiary/aromatic N) is 4. The summed E-state index contributed by atoms with van der Waals surface area (Å²) in [4.78, 5) is 29.1. The number of hydrogen-bond donors (Lipinski definition) is 2. The number of anilines is 1. The van der Waals surface area contributed by atoms with Crippen LogP contribution in [0, 0.1) is 6.92 Å². The van der Waals surface area contributed by atoms with Gasteiger partial charge in [-0.2, -0.15) is 0 Å². The number of hydrogen-bond acceptors (Lipinski definition) is 7. The molecule has 0 bridgehead atoms. The summed E-state index contributed by atoms with van der Waals surface area (Å²) in [6.07, 6.45) is 1.63. The van der Waals surface area contributed by atoms with E-state index in [-0.39, 0.29) is 24.1 Å². The fourth-order valence-electron chi connectivity index (χ4n) is 3.03. The maximum absolute atomic E-state index is 12.7. The van der Waals surface area contributed by atoms with Crippen molar-refractivity contribution in [2.24, 2.45) is 0 Å². The Kier molecular flexibility index (Phi) is 7.99. The van der Waals surface area contributed by atoms with Crippen LogP contribution in [0.15, 0.2) is 63.7 Å². The normalized spacial score (nSPS) is 10.8. The minimum absolute atomic E-state index is 0.120. The van der Waals surface area contributed by atoms with E-state index in [9.17, 15) is 9.59 Å². The van der Waals surface area contributed by atoms with Crippen LogP contribution < -0.4 is 10.6 Å². The van der Waals surface area contributed by atoms with Crippen molar-refractivity contribution in [3.8, 4) is 5.69 Å². The second-order valence-electron chi connectivity index (χ2n) is 7.05. The molecule has 2 heterocycles. The zero-order chi connectivity index (χ0) is 24.1. The maximum atomic E-state index is 12.7. The predicted molar refractivity (Wildman–Crippen MR) is 138 cm³/mol. The summed E-state index contributed by atoms with van der Waals surface area (Å²) < 4.78 is 2.58. The van der Waals surface area contributed by atoms with E-state index in [2.05, 4.69) is 41.7 Å². The van der Waals surface area contributed by atoms with Crippen LogP contribution in [-0.2, 0) is 11.3 Å². The number of rotatable bonds is 8. The van der Waals surface area contributed by atoms with Crippen molar-refractivity contribution in [3.63, 3.8) is 0 Å². The summed E-state index contributed by atoms with van der Waals surface area (Å²) >= 11 is 12.1. The summed E-state index contributed by atoms with van der Waals surface area (Å²) in [6.45, 7) is 2.10. The van der Waals surface area contributed by atoms with Crippen LogP contribution in [0.2, 0.25) is 5.02 Å². The SMILES string of the molecule is Cc1cccc(-n2c(CNC(=O)c3cc(Br)ccc3Cl)nnc2SCC(=O)Nc2nccs2)c1. The molecule has 8 nitrogen and oxygen atoms in total. The fourth-order valence-corrected chi connectivity index (χ4v) is 4.91. The highest BCUT2D eigenvalue weighted by molar-refractivity contribution is 9.10. The van der Waals surface area contributed by atoms with Crippen LogP contribution in [0.25, 0.3) is 5.69 Å². The molecule has 2 N–H and O–H groups in total. The summed E-state index contributed by atoms with van der Waals surface area (Å²) in [5.74, 6) is 0.122. The maximum Gasteiger partial charge on any atom is 0.253 e. The third-order valence-electron chi connectivity index (χ3n) is 4.55. The molecule has 0 spiro atoms. The Hall–Kier alpha value is -2.73. The summed E-state index contributed by atoms with van der Waals surface area (Å²) in [5.41, 5.74) is 2.24. The number of amides is 2. The van der Waals surface area contributed by atoms with Crippen molar-refractivity contribution >= 4 is 67.6 Å². The Bertz CT molecular complexity index is 1330. The zero-order valence-electron chi connectivity index (χ0n) is 17.8. The Balaban J connectivity index is 1.53. The third kappa shape index (κ3) is 6.03. The van der Waals surface area contributed by atoms with Crippen molar-refractivity contribution in [1.82, 2.24) is 25.1 Å². The monoisotopic (exact) mass is 576 g/mol. The lowest BCUT2D eigenvalue weighted by atomic mass is 10.2. The Morgan fingerprint density at radius 2 is 2.06 bits per heavy atom. The summed E-state index contributed by atoms with van der Waals surface area (Å²) in [6, 6.07) is 12.9. The average Bonchev–Trinajstić information content (AvgIpc) is 3.47. The molecule has 4 aromatic rings. The third-order valence-corrected chi connectivity index (χ3v) is 6.99. The molecule has 0 aliphatic carbocycles. The quantitative estimate of drug-likeness (QED) is 0.282. The van der Waals surface area contributed by atoms with Crippen LogP contribution in [-0.4, -0.2) is 37.3 Å². The van der Waals surface area contributed by atoms with Gasteiger partial charge in [-0.15, -0.1) is 21.5 Å². The number of carbonyl (C=O) groups excluding carboxylic acids is 2. The highest BCUT2D eigenvalue weighted by Gasteiger charge is 2.18. The van der Waals surface area contributed by atoms with Gasteiger partial charge in [0.15, 0.2) is 16.1 Å². The van der Waals surface area contributed by atoms with E-state index in [0.29, 0.717) is 26.7 Å². The molecular weight excluding hydrogens is 560 g/mol. The molecule has 0 atom stereocenters. The smallest absolute Gasteiger partial charge is 0.253 e. The second-order valence-corrected chi connectivity index (χ2v) is 10.2. The van der Waals surface area contributed by atoms with Crippen molar-refractivity contribution in [2.75, 3.05) is 11.1 Å². The van der Waals surface area contributed by atoms with Gasteiger partial charge in [0.2, 0.25) is 5.91 Å². The van der Waals surface area contributed by atoms with Crippen molar-refractivity contribution in [2.45, 2.75) is 18.6 Å². The topological polar surface area (TPSA) is 102 Å². The van der Waals surface area contributed by atoms with Gasteiger partial charge in [-0.25, -0.2) is 4.98 Å². The molecule has 2 aromatic heterocycles. The Labute approximate surface area is 217 Å². The molecule has 2 amide bonds. The molecule has 0 fully saturated rings. The first-order valence-corrected chi connectivity index (χ1v) is 13.0. The molecule has 0 saturated heterocycles. The van der Waals surface area contributed by atoms with E-state index in [1.807, 2.05) is 35.8 Å². The van der Waals surface area contributed by atoms with Gasteiger partial charge >= 0.3 is 0 Å². The number of thioether (sulfide) groups is 1. The van der Waals surface area contributed by atoms with Crippen LogP contribution in [0.1, 0.15) is 21.7 Å². The van der Waals surface area contributed by atoms with Gasteiger partial charge in [0.25, 0.3) is 5.91 Å².